The fourth-order valence-electron chi connectivity index (χ4n) is 1.86. The van der Waals surface area contributed by atoms with Crippen LogP contribution in [0.15, 0.2) is 36.4 Å². The van der Waals surface area contributed by atoms with Crippen LogP contribution < -0.4 is 9.47 Å². The fraction of sp³-hybridized carbons (Fsp3) is 0.133. The van der Waals surface area contributed by atoms with Crippen molar-refractivity contribution in [1.29, 1.82) is 0 Å². The first-order valence-corrected chi connectivity index (χ1v) is 9.18. The summed E-state index contributed by atoms with van der Waals surface area (Å²) in [7, 11) is -3.31. The minimum atomic E-state index is -4.59. The van der Waals surface area contributed by atoms with Gasteiger partial charge in [-0.15, -0.1) is 0 Å². The lowest BCUT2D eigenvalue weighted by Gasteiger charge is -2.13. The van der Waals surface area contributed by atoms with Gasteiger partial charge < -0.3 is 18.9 Å². The number of hydrogen-bond donors (Lipinski definition) is 1. The maximum Gasteiger partial charge on any atom is 0.416 e. The number of ether oxygens (including phenoxy) is 2. The third kappa shape index (κ3) is 5.59. The summed E-state index contributed by atoms with van der Waals surface area (Å²) in [6.45, 7) is 0. The number of rotatable bonds is 7. The quantitative estimate of drug-likeness (QED) is 0.349. The predicted molar refractivity (Wildman–Crippen MR) is 91.4 cm³/mol. The van der Waals surface area contributed by atoms with Crippen molar-refractivity contribution in [2.45, 2.75) is 6.18 Å². The highest BCUT2D eigenvalue weighted by atomic mass is 35.5. The largest absolute Gasteiger partial charge is 0.466 e. The number of benzene rings is 2. The smallest absolute Gasteiger partial charge is 0.416 e. The van der Waals surface area contributed by atoms with Gasteiger partial charge in [0.15, 0.2) is 0 Å². The molecule has 0 aliphatic heterocycles. The molecule has 8 nitrogen and oxygen atoms in total. The lowest BCUT2D eigenvalue weighted by atomic mass is 10.2. The second kappa shape index (κ2) is 8.36. The third-order valence-corrected chi connectivity index (χ3v) is 4.38. The van der Waals surface area contributed by atoms with Crippen LogP contribution in [-0.2, 0) is 15.3 Å². The molecule has 151 valence electrons. The minimum absolute atomic E-state index is 0.0825. The second-order valence-electron chi connectivity index (χ2n) is 5.10. The maximum absolute atomic E-state index is 12.7. The van der Waals surface area contributed by atoms with Crippen LogP contribution in [0.4, 0.5) is 18.9 Å². The van der Waals surface area contributed by atoms with Crippen LogP contribution in [-0.4, -0.2) is 16.9 Å². The van der Waals surface area contributed by atoms with Crippen LogP contribution in [0.2, 0.25) is 5.02 Å². The molecule has 0 aliphatic carbocycles. The van der Waals surface area contributed by atoms with Crippen molar-refractivity contribution in [3.63, 3.8) is 0 Å². The number of alkyl halides is 3. The van der Waals surface area contributed by atoms with Gasteiger partial charge in [-0.1, -0.05) is 11.6 Å². The van der Waals surface area contributed by atoms with E-state index in [0.29, 0.717) is 12.4 Å². The first kappa shape index (κ1) is 22.0. The molecule has 0 aromatic heterocycles. The highest BCUT2D eigenvalue weighted by Crippen LogP contribution is 2.46. The lowest BCUT2D eigenvalue weighted by molar-refractivity contribution is -0.385. The maximum atomic E-state index is 12.7. The van der Waals surface area contributed by atoms with Gasteiger partial charge in [0.25, 0.3) is 0 Å². The SMILES string of the molecule is COP(=O)(O)[CH]Oc1cc(Oc2ccc(C(F)(F)F)cc2Cl)ccc1[N+](=O)[O-]. The summed E-state index contributed by atoms with van der Waals surface area (Å²) >= 11 is 5.79. The molecule has 0 saturated carbocycles. The Labute approximate surface area is 161 Å². The van der Waals surface area contributed by atoms with E-state index >= 15 is 0 Å². The van der Waals surface area contributed by atoms with Crippen LogP contribution in [0, 0.1) is 16.5 Å². The fourth-order valence-corrected chi connectivity index (χ4v) is 2.41. The summed E-state index contributed by atoms with van der Waals surface area (Å²) in [5.74, 6) is -0.694. The number of hydrogen-bond acceptors (Lipinski definition) is 6. The van der Waals surface area contributed by atoms with Crippen LogP contribution >= 0.6 is 19.2 Å². The molecule has 0 bridgehead atoms. The summed E-state index contributed by atoms with van der Waals surface area (Å²) in [6, 6.07) is 5.51. The highest BCUT2D eigenvalue weighted by molar-refractivity contribution is 7.54. The summed E-state index contributed by atoms with van der Waals surface area (Å²) in [6.07, 6.45) is -4.21. The molecule has 2 aromatic carbocycles. The summed E-state index contributed by atoms with van der Waals surface area (Å²) < 4.78 is 63.9. The normalized spacial score (nSPS) is 13.6. The molecule has 1 atom stereocenters. The summed E-state index contributed by atoms with van der Waals surface area (Å²) in [5, 5.41) is 10.7. The molecule has 2 aromatic rings. The molecule has 0 amide bonds. The number of nitro benzene ring substituents is 1. The molecule has 2 rings (SSSR count). The van der Waals surface area contributed by atoms with Gasteiger partial charge in [-0.2, -0.15) is 13.2 Å². The zero-order chi connectivity index (χ0) is 21.1. The molecule has 28 heavy (non-hydrogen) atoms. The average Bonchev–Trinajstić information content (AvgIpc) is 2.61. The lowest BCUT2D eigenvalue weighted by Crippen LogP contribution is -2.04. The second-order valence-corrected chi connectivity index (χ2v) is 7.21. The van der Waals surface area contributed by atoms with E-state index in [1.807, 2.05) is 0 Å². The number of nitrogens with zero attached hydrogens (tertiary/aromatic N) is 1. The van der Waals surface area contributed by atoms with Crippen molar-refractivity contribution >= 4 is 24.9 Å². The van der Waals surface area contributed by atoms with E-state index < -0.39 is 35.7 Å². The van der Waals surface area contributed by atoms with Crippen molar-refractivity contribution in [3.05, 3.63) is 63.4 Å². The van der Waals surface area contributed by atoms with Gasteiger partial charge in [0.2, 0.25) is 12.1 Å². The van der Waals surface area contributed by atoms with E-state index in [4.69, 9.17) is 21.1 Å². The molecule has 0 aliphatic rings. The summed E-state index contributed by atoms with van der Waals surface area (Å²) in [4.78, 5) is 19.5. The monoisotopic (exact) mass is 440 g/mol. The Bertz CT molecular complexity index is 938. The Hall–Kier alpha value is -2.33. The molecule has 0 heterocycles. The van der Waals surface area contributed by atoms with Crippen LogP contribution in [0.1, 0.15) is 5.56 Å². The van der Waals surface area contributed by atoms with E-state index in [0.717, 1.165) is 37.4 Å². The number of nitro groups is 1. The van der Waals surface area contributed by atoms with Crippen molar-refractivity contribution in [1.82, 2.24) is 0 Å². The predicted octanol–water partition coefficient (Wildman–Crippen LogP) is 5.39. The van der Waals surface area contributed by atoms with Crippen molar-refractivity contribution in [2.75, 3.05) is 7.11 Å². The Balaban J connectivity index is 2.30. The molecular formula is C15H11ClF3NO7P. The molecule has 0 fully saturated rings. The van der Waals surface area contributed by atoms with Gasteiger partial charge in [-0.3, -0.25) is 14.7 Å². The zero-order valence-corrected chi connectivity index (χ0v) is 15.5. The van der Waals surface area contributed by atoms with Gasteiger partial charge in [0.05, 0.1) is 15.5 Å². The molecule has 1 N–H and O–H groups in total. The van der Waals surface area contributed by atoms with Crippen LogP contribution in [0.3, 0.4) is 0 Å². The van der Waals surface area contributed by atoms with E-state index in [1.54, 1.807) is 0 Å². The molecule has 1 radical (unpaired) electrons. The van der Waals surface area contributed by atoms with Gasteiger partial charge in [0, 0.05) is 19.2 Å². The Kier molecular flexibility index (Phi) is 6.56. The third-order valence-electron chi connectivity index (χ3n) is 3.19. The Morgan fingerprint density at radius 1 is 1.21 bits per heavy atom. The first-order chi connectivity index (χ1) is 12.9. The van der Waals surface area contributed by atoms with Gasteiger partial charge >= 0.3 is 19.5 Å². The number of halogens is 4. The summed E-state index contributed by atoms with van der Waals surface area (Å²) in [5.41, 5.74) is -1.54. The molecule has 0 saturated heterocycles. The van der Waals surface area contributed by atoms with Gasteiger partial charge in [-0.05, 0) is 24.3 Å². The minimum Gasteiger partial charge on any atom is -0.466 e. The molecular weight excluding hydrogens is 430 g/mol. The standard InChI is InChI=1S/C15H11ClF3NO7P/c1-25-28(23,24)8-26-14-7-10(3-4-12(14)20(21)22)27-13-5-2-9(6-11(13)16)15(17,18)19/h2-8H,1H3,(H,23,24). The van der Waals surface area contributed by atoms with E-state index in [1.165, 1.54) is 0 Å². The Morgan fingerprint density at radius 3 is 2.43 bits per heavy atom. The molecule has 13 heteroatoms. The Morgan fingerprint density at radius 2 is 1.89 bits per heavy atom. The van der Waals surface area contributed by atoms with E-state index in [2.05, 4.69) is 4.52 Å². The zero-order valence-electron chi connectivity index (χ0n) is 13.8. The van der Waals surface area contributed by atoms with Crippen LogP contribution in [0.5, 0.6) is 17.2 Å². The highest BCUT2D eigenvalue weighted by Gasteiger charge is 2.31. The van der Waals surface area contributed by atoms with Crippen molar-refractivity contribution in [2.24, 2.45) is 0 Å². The van der Waals surface area contributed by atoms with Crippen LogP contribution in [0.25, 0.3) is 0 Å². The topological polar surface area (TPSA) is 108 Å². The average molecular weight is 441 g/mol. The van der Waals surface area contributed by atoms with Gasteiger partial charge in [0.1, 0.15) is 11.5 Å². The van der Waals surface area contributed by atoms with E-state index in [9.17, 15) is 32.7 Å². The molecule has 0 spiro atoms. The molecule has 1 unspecified atom stereocenters. The van der Waals surface area contributed by atoms with Gasteiger partial charge in [-0.25, -0.2) is 0 Å². The van der Waals surface area contributed by atoms with Crippen molar-refractivity contribution < 1.29 is 41.6 Å². The first-order valence-electron chi connectivity index (χ1n) is 7.15. The van der Waals surface area contributed by atoms with Crippen molar-refractivity contribution in [3.8, 4) is 17.2 Å². The van der Waals surface area contributed by atoms with E-state index in [-0.39, 0.29) is 16.5 Å².